The van der Waals surface area contributed by atoms with E-state index in [9.17, 15) is 14.9 Å². The molecular weight excluding hydrogens is 218 g/mol. The van der Waals surface area contributed by atoms with Gasteiger partial charge in [-0.25, -0.2) is 0 Å². The quantitative estimate of drug-likeness (QED) is 0.450. The summed E-state index contributed by atoms with van der Waals surface area (Å²) in [6.45, 7) is 1.65. The zero-order valence-corrected chi connectivity index (χ0v) is 8.95. The van der Waals surface area contributed by atoms with E-state index in [2.05, 4.69) is 0 Å². The van der Waals surface area contributed by atoms with E-state index in [1.165, 1.54) is 0 Å². The lowest BCUT2D eigenvalue weighted by Crippen LogP contribution is -2.07. The Hall–Kier alpha value is -1.42. The second-order valence-electron chi connectivity index (χ2n) is 3.19. The first kappa shape index (κ1) is 11.7. The van der Waals surface area contributed by atoms with Gasteiger partial charge in [-0.15, -0.1) is 11.6 Å². The molecule has 0 spiro atoms. The summed E-state index contributed by atoms with van der Waals surface area (Å²) in [7, 11) is 0. The Morgan fingerprint density at radius 1 is 1.53 bits per heavy atom. The first-order valence-corrected chi connectivity index (χ1v) is 4.90. The molecular formula is C10H10ClNO3. The van der Waals surface area contributed by atoms with E-state index in [1.807, 2.05) is 0 Å². The van der Waals surface area contributed by atoms with E-state index >= 15 is 0 Å². The number of alkyl halides is 1. The average Bonchev–Trinajstić information content (AvgIpc) is 2.17. The van der Waals surface area contributed by atoms with Crippen LogP contribution in [0.4, 0.5) is 5.69 Å². The molecule has 15 heavy (non-hydrogen) atoms. The predicted octanol–water partition coefficient (Wildman–Crippen LogP) is 2.25. The Morgan fingerprint density at radius 2 is 2.20 bits per heavy atom. The highest BCUT2D eigenvalue weighted by molar-refractivity contribution is 6.27. The van der Waals surface area contributed by atoms with E-state index in [4.69, 9.17) is 11.6 Å². The summed E-state index contributed by atoms with van der Waals surface area (Å²) in [5, 5.41) is 10.8. The number of hydrogen-bond acceptors (Lipinski definition) is 3. The van der Waals surface area contributed by atoms with Gasteiger partial charge in [-0.05, 0) is 6.92 Å². The Morgan fingerprint density at radius 3 is 2.73 bits per heavy atom. The third-order valence-electron chi connectivity index (χ3n) is 2.04. The fraction of sp³-hybridized carbons (Fsp3) is 0.300. The van der Waals surface area contributed by atoms with Crippen molar-refractivity contribution in [3.63, 3.8) is 0 Å². The van der Waals surface area contributed by atoms with Crippen LogP contribution in [0.25, 0.3) is 0 Å². The minimum absolute atomic E-state index is 0.0102. The van der Waals surface area contributed by atoms with Crippen molar-refractivity contribution in [3.05, 3.63) is 39.4 Å². The molecule has 0 aliphatic carbocycles. The number of rotatable bonds is 4. The number of halogens is 1. The zero-order chi connectivity index (χ0) is 11.4. The first-order valence-electron chi connectivity index (χ1n) is 4.36. The molecule has 1 aromatic rings. The van der Waals surface area contributed by atoms with Crippen molar-refractivity contribution in [2.45, 2.75) is 13.3 Å². The van der Waals surface area contributed by atoms with Crippen molar-refractivity contribution in [2.75, 3.05) is 5.88 Å². The molecule has 0 amide bonds. The number of ketones is 1. The Balaban J connectivity index is 3.11. The summed E-state index contributed by atoms with van der Waals surface area (Å²) in [6.07, 6.45) is 0.0154. The van der Waals surface area contributed by atoms with Crippen LogP contribution in [0.15, 0.2) is 18.2 Å². The van der Waals surface area contributed by atoms with Gasteiger partial charge in [-0.2, -0.15) is 0 Å². The van der Waals surface area contributed by atoms with Crippen LogP contribution in [0, 0.1) is 17.0 Å². The third-order valence-corrected chi connectivity index (χ3v) is 2.34. The van der Waals surface area contributed by atoms with Crippen molar-refractivity contribution >= 4 is 23.1 Å². The van der Waals surface area contributed by atoms with E-state index < -0.39 is 4.92 Å². The summed E-state index contributed by atoms with van der Waals surface area (Å²) in [5.41, 5.74) is 0.987. The van der Waals surface area contributed by atoms with Crippen LogP contribution in [0.1, 0.15) is 11.1 Å². The van der Waals surface area contributed by atoms with Gasteiger partial charge in [-0.1, -0.05) is 18.2 Å². The van der Waals surface area contributed by atoms with Gasteiger partial charge in [0, 0.05) is 17.5 Å². The van der Waals surface area contributed by atoms with Gasteiger partial charge in [0.1, 0.15) is 0 Å². The molecule has 0 aromatic heterocycles. The standard InChI is InChI=1S/C10H10ClNO3/c1-7-3-2-4-8(5-9(13)6-11)10(7)12(14)15/h2-4H,5-6H2,1H3. The third kappa shape index (κ3) is 2.76. The molecule has 0 saturated carbocycles. The highest BCUT2D eigenvalue weighted by Crippen LogP contribution is 2.23. The van der Waals surface area contributed by atoms with E-state index in [0.29, 0.717) is 11.1 Å². The molecule has 0 heterocycles. The zero-order valence-electron chi connectivity index (χ0n) is 8.20. The molecule has 80 valence electrons. The second kappa shape index (κ2) is 4.89. The molecule has 0 bridgehead atoms. The number of carbonyl (C=O) groups excluding carboxylic acids is 1. The molecule has 0 N–H and O–H groups in total. The van der Waals surface area contributed by atoms with Gasteiger partial charge in [0.25, 0.3) is 5.69 Å². The van der Waals surface area contributed by atoms with Crippen LogP contribution in [-0.2, 0) is 11.2 Å². The number of nitrogens with zero attached hydrogens (tertiary/aromatic N) is 1. The van der Waals surface area contributed by atoms with Crippen molar-refractivity contribution in [1.82, 2.24) is 0 Å². The number of para-hydroxylation sites is 1. The Kier molecular flexibility index (Phi) is 3.80. The van der Waals surface area contributed by atoms with Crippen molar-refractivity contribution in [3.8, 4) is 0 Å². The maximum absolute atomic E-state index is 11.1. The molecule has 5 heteroatoms. The predicted molar refractivity (Wildman–Crippen MR) is 57.3 cm³/mol. The highest BCUT2D eigenvalue weighted by atomic mass is 35.5. The largest absolute Gasteiger partial charge is 0.298 e. The summed E-state index contributed by atoms with van der Waals surface area (Å²) in [4.78, 5) is 21.4. The topological polar surface area (TPSA) is 60.2 Å². The van der Waals surface area contributed by atoms with Crippen LogP contribution in [0.5, 0.6) is 0 Å². The van der Waals surface area contributed by atoms with E-state index in [0.717, 1.165) is 0 Å². The van der Waals surface area contributed by atoms with Gasteiger partial charge in [-0.3, -0.25) is 14.9 Å². The lowest BCUT2D eigenvalue weighted by molar-refractivity contribution is -0.386. The minimum Gasteiger partial charge on any atom is -0.298 e. The smallest absolute Gasteiger partial charge is 0.275 e. The van der Waals surface area contributed by atoms with Gasteiger partial charge >= 0.3 is 0 Å². The number of nitro groups is 1. The fourth-order valence-electron chi connectivity index (χ4n) is 1.38. The second-order valence-corrected chi connectivity index (χ2v) is 3.46. The molecule has 1 aromatic carbocycles. The van der Waals surface area contributed by atoms with Crippen molar-refractivity contribution < 1.29 is 9.72 Å². The Bertz CT molecular complexity index is 404. The van der Waals surface area contributed by atoms with Crippen LogP contribution < -0.4 is 0 Å². The first-order chi connectivity index (χ1) is 7.06. The number of benzene rings is 1. The van der Waals surface area contributed by atoms with Crippen LogP contribution in [0.2, 0.25) is 0 Å². The number of hydrogen-bond donors (Lipinski definition) is 0. The molecule has 0 fully saturated rings. The SMILES string of the molecule is Cc1cccc(CC(=O)CCl)c1[N+](=O)[O-]. The van der Waals surface area contributed by atoms with Crippen molar-refractivity contribution in [1.29, 1.82) is 0 Å². The summed E-state index contributed by atoms with van der Waals surface area (Å²) in [6, 6.07) is 4.92. The minimum atomic E-state index is -0.466. The molecule has 0 unspecified atom stereocenters. The average molecular weight is 228 g/mol. The maximum Gasteiger partial charge on any atom is 0.275 e. The summed E-state index contributed by atoms with van der Waals surface area (Å²) < 4.78 is 0. The maximum atomic E-state index is 11.1. The van der Waals surface area contributed by atoms with Gasteiger partial charge < -0.3 is 0 Å². The fourth-order valence-corrected chi connectivity index (χ4v) is 1.48. The normalized spacial score (nSPS) is 10.0. The Labute approximate surface area is 92.0 Å². The highest BCUT2D eigenvalue weighted by Gasteiger charge is 2.18. The van der Waals surface area contributed by atoms with Gasteiger partial charge in [0.05, 0.1) is 10.8 Å². The molecule has 0 aliphatic rings. The molecule has 0 saturated heterocycles. The van der Waals surface area contributed by atoms with E-state index in [1.54, 1.807) is 25.1 Å². The number of Topliss-reactive ketones (excluding diaryl/α,β-unsaturated/α-hetero) is 1. The molecule has 1 rings (SSSR count). The summed E-state index contributed by atoms with van der Waals surface area (Å²) >= 11 is 5.35. The van der Waals surface area contributed by atoms with Gasteiger partial charge in [0.2, 0.25) is 0 Å². The lowest BCUT2D eigenvalue weighted by Gasteiger charge is -2.03. The van der Waals surface area contributed by atoms with E-state index in [-0.39, 0.29) is 23.8 Å². The molecule has 0 atom stereocenters. The number of carbonyl (C=O) groups is 1. The molecule has 0 radical (unpaired) electrons. The van der Waals surface area contributed by atoms with Crippen LogP contribution in [-0.4, -0.2) is 16.6 Å². The van der Waals surface area contributed by atoms with Crippen LogP contribution >= 0.6 is 11.6 Å². The van der Waals surface area contributed by atoms with Crippen LogP contribution in [0.3, 0.4) is 0 Å². The number of aryl methyl sites for hydroxylation is 1. The molecule has 4 nitrogen and oxygen atoms in total. The lowest BCUT2D eigenvalue weighted by atomic mass is 10.0. The number of nitro benzene ring substituents is 1. The summed E-state index contributed by atoms with van der Waals surface area (Å²) in [5.74, 6) is -0.337. The van der Waals surface area contributed by atoms with Gasteiger partial charge in [0.15, 0.2) is 5.78 Å². The van der Waals surface area contributed by atoms with Crippen molar-refractivity contribution in [2.24, 2.45) is 0 Å². The molecule has 0 aliphatic heterocycles. The monoisotopic (exact) mass is 227 g/mol.